The van der Waals surface area contributed by atoms with E-state index >= 15 is 0 Å². The van der Waals surface area contributed by atoms with Gasteiger partial charge in [0.05, 0.1) is 6.61 Å². The topological polar surface area (TPSA) is 44.8 Å². The van der Waals surface area contributed by atoms with Gasteiger partial charge in [0.25, 0.3) is 0 Å². The lowest BCUT2D eigenvalue weighted by atomic mass is 10.4. The van der Waals surface area contributed by atoms with Crippen LogP contribution in [0.2, 0.25) is 6.04 Å². The SMILES string of the molecule is CCO[Si]1(OCC=O)CCCCO1. The summed E-state index contributed by atoms with van der Waals surface area (Å²) in [5.41, 5.74) is 0. The number of hydrogen-bond acceptors (Lipinski definition) is 4. The van der Waals surface area contributed by atoms with Gasteiger partial charge in [-0.25, -0.2) is 0 Å². The van der Waals surface area contributed by atoms with Crippen LogP contribution in [0.15, 0.2) is 0 Å². The molecule has 0 aromatic carbocycles. The van der Waals surface area contributed by atoms with Gasteiger partial charge in [0.2, 0.25) is 0 Å². The monoisotopic (exact) mass is 204 g/mol. The lowest BCUT2D eigenvalue weighted by molar-refractivity contribution is -0.111. The normalized spacial score (nSPS) is 28.7. The number of aldehydes is 1. The van der Waals surface area contributed by atoms with Crippen LogP contribution in [0.1, 0.15) is 19.8 Å². The van der Waals surface area contributed by atoms with Gasteiger partial charge >= 0.3 is 8.80 Å². The first-order valence-corrected chi connectivity index (χ1v) is 6.61. The third kappa shape index (κ3) is 3.19. The number of carbonyl (C=O) groups is 1. The van der Waals surface area contributed by atoms with Gasteiger partial charge in [-0.05, 0) is 19.8 Å². The Labute approximate surface area is 79.5 Å². The molecule has 13 heavy (non-hydrogen) atoms. The molecule has 1 heterocycles. The van der Waals surface area contributed by atoms with Crippen molar-refractivity contribution in [1.82, 2.24) is 0 Å². The van der Waals surface area contributed by atoms with Crippen LogP contribution in [-0.4, -0.2) is 34.9 Å². The van der Waals surface area contributed by atoms with Gasteiger partial charge in [-0.2, -0.15) is 0 Å². The van der Waals surface area contributed by atoms with Gasteiger partial charge in [0.15, 0.2) is 0 Å². The van der Waals surface area contributed by atoms with E-state index in [2.05, 4.69) is 0 Å². The summed E-state index contributed by atoms with van der Waals surface area (Å²) >= 11 is 0. The molecule has 0 bridgehead atoms. The lowest BCUT2D eigenvalue weighted by Gasteiger charge is -2.31. The molecule has 0 N–H and O–H groups in total. The van der Waals surface area contributed by atoms with E-state index in [1.54, 1.807) is 0 Å². The second-order valence-electron chi connectivity index (χ2n) is 2.90. The van der Waals surface area contributed by atoms with Gasteiger partial charge in [-0.15, -0.1) is 0 Å². The fourth-order valence-electron chi connectivity index (χ4n) is 1.39. The molecule has 0 saturated carbocycles. The molecular weight excluding hydrogens is 188 g/mol. The van der Waals surface area contributed by atoms with Crippen LogP contribution in [0, 0.1) is 0 Å². The first kappa shape index (κ1) is 10.8. The summed E-state index contributed by atoms with van der Waals surface area (Å²) in [6.07, 6.45) is 2.88. The smallest absolute Gasteiger partial charge is 0.374 e. The van der Waals surface area contributed by atoms with E-state index in [0.717, 1.165) is 25.2 Å². The van der Waals surface area contributed by atoms with Crippen molar-refractivity contribution in [2.75, 3.05) is 19.8 Å². The van der Waals surface area contributed by atoms with Gasteiger partial charge in [0.1, 0.15) is 6.29 Å². The van der Waals surface area contributed by atoms with E-state index in [1.807, 2.05) is 6.92 Å². The standard InChI is InChI=1S/C8H16O4Si/c1-2-10-13(12-7-5-9)8-4-3-6-11-13/h5H,2-4,6-8H2,1H3. The lowest BCUT2D eigenvalue weighted by Crippen LogP contribution is -2.48. The van der Waals surface area contributed by atoms with Crippen LogP contribution < -0.4 is 0 Å². The molecule has 1 rings (SSSR count). The molecule has 0 spiro atoms. The van der Waals surface area contributed by atoms with Gasteiger partial charge < -0.3 is 18.1 Å². The van der Waals surface area contributed by atoms with Crippen LogP contribution in [0.5, 0.6) is 0 Å². The van der Waals surface area contributed by atoms with E-state index < -0.39 is 8.80 Å². The van der Waals surface area contributed by atoms with Crippen molar-refractivity contribution in [3.63, 3.8) is 0 Å². The molecule has 0 radical (unpaired) electrons. The van der Waals surface area contributed by atoms with Gasteiger partial charge in [-0.3, -0.25) is 0 Å². The summed E-state index contributed by atoms with van der Waals surface area (Å²) in [4.78, 5) is 10.2. The molecular formula is C8H16O4Si. The van der Waals surface area contributed by atoms with Crippen LogP contribution in [0.4, 0.5) is 0 Å². The highest BCUT2D eigenvalue weighted by atomic mass is 28.4. The van der Waals surface area contributed by atoms with E-state index in [4.69, 9.17) is 13.3 Å². The van der Waals surface area contributed by atoms with Crippen molar-refractivity contribution in [2.24, 2.45) is 0 Å². The molecule has 1 aliphatic rings. The second-order valence-corrected chi connectivity index (χ2v) is 5.63. The summed E-state index contributed by atoms with van der Waals surface area (Å²) in [6, 6.07) is 0.842. The maximum atomic E-state index is 10.2. The fourth-order valence-corrected chi connectivity index (χ4v) is 3.98. The predicted molar refractivity (Wildman–Crippen MR) is 49.4 cm³/mol. The highest BCUT2D eigenvalue weighted by Gasteiger charge is 2.42. The molecule has 76 valence electrons. The van der Waals surface area contributed by atoms with Crippen molar-refractivity contribution >= 4 is 15.1 Å². The molecule has 0 aromatic heterocycles. The minimum atomic E-state index is -2.43. The Morgan fingerprint density at radius 2 is 2.31 bits per heavy atom. The first-order chi connectivity index (χ1) is 6.33. The Bertz CT molecular complexity index is 151. The Balaban J connectivity index is 2.44. The van der Waals surface area contributed by atoms with Crippen LogP contribution in [0.3, 0.4) is 0 Å². The molecule has 1 fully saturated rings. The zero-order valence-corrected chi connectivity index (χ0v) is 8.95. The second kappa shape index (κ2) is 5.49. The Morgan fingerprint density at radius 3 is 2.85 bits per heavy atom. The molecule has 4 nitrogen and oxygen atoms in total. The predicted octanol–water partition coefficient (Wildman–Crippen LogP) is 0.988. The Kier molecular flexibility index (Phi) is 4.58. The zero-order valence-electron chi connectivity index (χ0n) is 7.95. The molecule has 0 amide bonds. The van der Waals surface area contributed by atoms with Crippen molar-refractivity contribution in [2.45, 2.75) is 25.8 Å². The molecule has 5 heteroatoms. The van der Waals surface area contributed by atoms with E-state index in [1.165, 1.54) is 0 Å². The summed E-state index contributed by atoms with van der Waals surface area (Å²) in [5.74, 6) is 0. The summed E-state index contributed by atoms with van der Waals surface area (Å²) in [7, 11) is -2.43. The average molecular weight is 204 g/mol. The van der Waals surface area contributed by atoms with E-state index in [9.17, 15) is 4.79 Å². The quantitative estimate of drug-likeness (QED) is 0.495. The van der Waals surface area contributed by atoms with Crippen molar-refractivity contribution < 1.29 is 18.1 Å². The largest absolute Gasteiger partial charge is 0.501 e. The van der Waals surface area contributed by atoms with E-state index in [0.29, 0.717) is 13.2 Å². The van der Waals surface area contributed by atoms with Gasteiger partial charge in [-0.1, -0.05) is 0 Å². The molecule has 1 unspecified atom stereocenters. The van der Waals surface area contributed by atoms with E-state index in [-0.39, 0.29) is 6.61 Å². The number of rotatable bonds is 5. The number of hydrogen-bond donors (Lipinski definition) is 0. The Hall–Kier alpha value is -0.233. The molecule has 0 aliphatic carbocycles. The maximum Gasteiger partial charge on any atom is 0.501 e. The average Bonchev–Trinajstić information content (AvgIpc) is 2.17. The maximum absolute atomic E-state index is 10.2. The third-order valence-electron chi connectivity index (χ3n) is 1.93. The Morgan fingerprint density at radius 1 is 1.46 bits per heavy atom. The molecule has 1 aliphatic heterocycles. The van der Waals surface area contributed by atoms with Crippen LogP contribution >= 0.6 is 0 Å². The summed E-state index contributed by atoms with van der Waals surface area (Å²) in [5, 5.41) is 0. The molecule has 1 atom stereocenters. The van der Waals surface area contributed by atoms with Crippen molar-refractivity contribution in [3.8, 4) is 0 Å². The molecule has 1 saturated heterocycles. The first-order valence-electron chi connectivity index (χ1n) is 4.68. The minimum absolute atomic E-state index is 0.0895. The molecule has 0 aromatic rings. The summed E-state index contributed by atoms with van der Waals surface area (Å²) < 4.78 is 16.4. The number of carbonyl (C=O) groups excluding carboxylic acids is 1. The zero-order chi connectivity index (χ0) is 9.57. The van der Waals surface area contributed by atoms with Crippen molar-refractivity contribution in [3.05, 3.63) is 0 Å². The summed E-state index contributed by atoms with van der Waals surface area (Å²) in [6.45, 7) is 3.29. The van der Waals surface area contributed by atoms with Crippen LogP contribution in [0.25, 0.3) is 0 Å². The fraction of sp³-hybridized carbons (Fsp3) is 0.875. The van der Waals surface area contributed by atoms with Crippen LogP contribution in [-0.2, 0) is 18.1 Å². The van der Waals surface area contributed by atoms with Crippen molar-refractivity contribution in [1.29, 1.82) is 0 Å². The highest BCUT2D eigenvalue weighted by molar-refractivity contribution is 6.61. The highest BCUT2D eigenvalue weighted by Crippen LogP contribution is 2.23. The van der Waals surface area contributed by atoms with Gasteiger partial charge in [0, 0.05) is 19.3 Å². The third-order valence-corrected chi connectivity index (χ3v) is 4.88. The minimum Gasteiger partial charge on any atom is -0.374 e.